The molecular formula is C14H22ClNS. The molecule has 1 nitrogen and oxygen atoms in total. The third-order valence-corrected chi connectivity index (χ3v) is 4.62. The highest BCUT2D eigenvalue weighted by molar-refractivity contribution is 7.99. The van der Waals surface area contributed by atoms with E-state index in [2.05, 4.69) is 38.3 Å². The first-order valence-electron chi connectivity index (χ1n) is 6.26. The van der Waals surface area contributed by atoms with E-state index in [1.54, 1.807) is 0 Å². The number of hydrogen-bond donors (Lipinski definition) is 1. The Morgan fingerprint density at radius 2 is 1.76 bits per heavy atom. The third-order valence-electron chi connectivity index (χ3n) is 3.23. The zero-order valence-electron chi connectivity index (χ0n) is 10.9. The molecule has 0 amide bonds. The van der Waals surface area contributed by atoms with Crippen LogP contribution in [0.2, 0.25) is 5.02 Å². The zero-order valence-corrected chi connectivity index (χ0v) is 12.4. The number of nitrogens with one attached hydrogen (secondary N) is 1. The Hall–Kier alpha value is -0.180. The van der Waals surface area contributed by atoms with Crippen molar-refractivity contribution in [2.24, 2.45) is 5.92 Å². The predicted octanol–water partition coefficient (Wildman–Crippen LogP) is 4.46. The highest BCUT2D eigenvalue weighted by Gasteiger charge is 2.16. The van der Waals surface area contributed by atoms with Gasteiger partial charge < -0.3 is 5.32 Å². The van der Waals surface area contributed by atoms with E-state index in [1.165, 1.54) is 17.7 Å². The second-order valence-electron chi connectivity index (χ2n) is 4.24. The number of hydrogen-bond acceptors (Lipinski definition) is 2. The number of halogens is 1. The lowest BCUT2D eigenvalue weighted by Gasteiger charge is -2.24. The fraction of sp³-hybridized carbons (Fsp3) is 0.571. The quantitative estimate of drug-likeness (QED) is 0.735. The van der Waals surface area contributed by atoms with Crippen LogP contribution in [0.5, 0.6) is 0 Å². The molecular weight excluding hydrogens is 250 g/mol. The Morgan fingerprint density at radius 3 is 2.24 bits per heavy atom. The molecule has 0 aromatic heterocycles. The molecule has 1 atom stereocenters. The first-order valence-corrected chi connectivity index (χ1v) is 7.63. The largest absolute Gasteiger partial charge is 0.316 e. The predicted molar refractivity (Wildman–Crippen MR) is 79.1 cm³/mol. The van der Waals surface area contributed by atoms with Gasteiger partial charge in [0.15, 0.2) is 0 Å². The molecule has 0 saturated heterocycles. The summed E-state index contributed by atoms with van der Waals surface area (Å²) in [5.41, 5.74) is 0. The van der Waals surface area contributed by atoms with Crippen molar-refractivity contribution in [1.29, 1.82) is 0 Å². The van der Waals surface area contributed by atoms with Gasteiger partial charge in [0.25, 0.3) is 0 Å². The summed E-state index contributed by atoms with van der Waals surface area (Å²) in [4.78, 5) is 1.29. The molecule has 1 aromatic rings. The van der Waals surface area contributed by atoms with Crippen LogP contribution in [0.4, 0.5) is 0 Å². The molecule has 0 aliphatic carbocycles. The Morgan fingerprint density at radius 1 is 1.18 bits per heavy atom. The molecule has 1 rings (SSSR count). The molecule has 0 heterocycles. The van der Waals surface area contributed by atoms with Crippen molar-refractivity contribution in [3.05, 3.63) is 29.3 Å². The first kappa shape index (κ1) is 14.9. The van der Waals surface area contributed by atoms with Crippen molar-refractivity contribution >= 4 is 23.4 Å². The van der Waals surface area contributed by atoms with Gasteiger partial charge in [0.1, 0.15) is 0 Å². The van der Waals surface area contributed by atoms with Gasteiger partial charge in [-0.1, -0.05) is 38.3 Å². The molecule has 0 spiro atoms. The lowest BCUT2D eigenvalue weighted by molar-refractivity contribution is 0.378. The molecule has 0 radical (unpaired) electrons. The average molecular weight is 272 g/mol. The molecule has 3 heteroatoms. The maximum atomic E-state index is 5.88. The van der Waals surface area contributed by atoms with Gasteiger partial charge in [-0.3, -0.25) is 0 Å². The van der Waals surface area contributed by atoms with Crippen LogP contribution in [0.3, 0.4) is 0 Å². The highest BCUT2D eigenvalue weighted by Crippen LogP contribution is 2.24. The maximum absolute atomic E-state index is 5.88. The van der Waals surface area contributed by atoms with Gasteiger partial charge in [-0.2, -0.15) is 0 Å². The van der Waals surface area contributed by atoms with E-state index in [-0.39, 0.29) is 0 Å². The highest BCUT2D eigenvalue weighted by atomic mass is 35.5. The van der Waals surface area contributed by atoms with Crippen LogP contribution in [-0.4, -0.2) is 18.8 Å². The maximum Gasteiger partial charge on any atom is 0.0406 e. The topological polar surface area (TPSA) is 12.0 Å². The second-order valence-corrected chi connectivity index (χ2v) is 5.77. The van der Waals surface area contributed by atoms with Gasteiger partial charge in [0.05, 0.1) is 0 Å². The summed E-state index contributed by atoms with van der Waals surface area (Å²) in [5, 5.41) is 4.24. The molecule has 0 aliphatic rings. The summed E-state index contributed by atoms with van der Waals surface area (Å²) >= 11 is 7.78. The molecule has 1 unspecified atom stereocenters. The van der Waals surface area contributed by atoms with Gasteiger partial charge in [-0.05, 0) is 37.2 Å². The smallest absolute Gasteiger partial charge is 0.0406 e. The zero-order chi connectivity index (χ0) is 12.7. The van der Waals surface area contributed by atoms with Crippen molar-refractivity contribution in [3.8, 4) is 0 Å². The van der Waals surface area contributed by atoms with Crippen LogP contribution < -0.4 is 5.32 Å². The minimum absolute atomic E-state index is 0.589. The molecule has 1 aromatic carbocycles. The van der Waals surface area contributed by atoms with Crippen LogP contribution in [0.15, 0.2) is 29.2 Å². The SMILES string of the molecule is CCC(CC)C(CSc1ccc(Cl)cc1)NC. The van der Waals surface area contributed by atoms with Crippen molar-refractivity contribution in [2.75, 3.05) is 12.8 Å². The standard InChI is InChI=1S/C14H22ClNS/c1-4-11(5-2)14(16-3)10-17-13-8-6-12(15)7-9-13/h6-9,11,14,16H,4-5,10H2,1-3H3. The fourth-order valence-corrected chi connectivity index (χ4v) is 3.30. The minimum atomic E-state index is 0.589. The molecule has 0 aliphatic heterocycles. The van der Waals surface area contributed by atoms with E-state index < -0.39 is 0 Å². The van der Waals surface area contributed by atoms with Crippen molar-refractivity contribution < 1.29 is 0 Å². The minimum Gasteiger partial charge on any atom is -0.316 e. The van der Waals surface area contributed by atoms with Crippen LogP contribution >= 0.6 is 23.4 Å². The fourth-order valence-electron chi connectivity index (χ4n) is 2.03. The Balaban J connectivity index is 2.49. The van der Waals surface area contributed by atoms with Crippen LogP contribution in [-0.2, 0) is 0 Å². The monoisotopic (exact) mass is 271 g/mol. The Bertz CT molecular complexity index is 309. The van der Waals surface area contributed by atoms with E-state index in [9.17, 15) is 0 Å². The van der Waals surface area contributed by atoms with Crippen LogP contribution in [0.1, 0.15) is 26.7 Å². The van der Waals surface area contributed by atoms with Crippen molar-refractivity contribution in [3.63, 3.8) is 0 Å². The van der Waals surface area contributed by atoms with E-state index >= 15 is 0 Å². The molecule has 0 saturated carbocycles. The molecule has 96 valence electrons. The van der Waals surface area contributed by atoms with Crippen LogP contribution in [0.25, 0.3) is 0 Å². The summed E-state index contributed by atoms with van der Waals surface area (Å²) in [5.74, 6) is 1.88. The van der Waals surface area contributed by atoms with E-state index in [4.69, 9.17) is 11.6 Å². The third kappa shape index (κ3) is 4.90. The lowest BCUT2D eigenvalue weighted by Crippen LogP contribution is -2.35. The second kappa shape index (κ2) is 8.02. The van der Waals surface area contributed by atoms with Crippen molar-refractivity contribution in [1.82, 2.24) is 5.32 Å². The first-order chi connectivity index (χ1) is 8.21. The van der Waals surface area contributed by atoms with Gasteiger partial charge in [-0.15, -0.1) is 11.8 Å². The van der Waals surface area contributed by atoms with Gasteiger partial charge >= 0.3 is 0 Å². The molecule has 1 N–H and O–H groups in total. The summed E-state index contributed by atoms with van der Waals surface area (Å²) < 4.78 is 0. The Kier molecular flexibility index (Phi) is 7.02. The lowest BCUT2D eigenvalue weighted by atomic mass is 9.96. The number of rotatable bonds is 7. The molecule has 0 bridgehead atoms. The van der Waals surface area contributed by atoms with Gasteiger partial charge in [-0.25, -0.2) is 0 Å². The van der Waals surface area contributed by atoms with Crippen LogP contribution in [0, 0.1) is 5.92 Å². The number of benzene rings is 1. The number of thioether (sulfide) groups is 1. The molecule has 0 fully saturated rings. The Labute approximate surface area is 114 Å². The summed E-state index contributed by atoms with van der Waals surface area (Å²) in [7, 11) is 2.06. The van der Waals surface area contributed by atoms with E-state index in [1.807, 2.05) is 23.9 Å². The summed E-state index contributed by atoms with van der Waals surface area (Å²) in [6.07, 6.45) is 2.48. The normalized spacial score (nSPS) is 13.0. The van der Waals surface area contributed by atoms with Gasteiger partial charge in [0, 0.05) is 21.7 Å². The molecule has 17 heavy (non-hydrogen) atoms. The van der Waals surface area contributed by atoms with E-state index in [0.29, 0.717) is 6.04 Å². The summed E-state index contributed by atoms with van der Waals surface area (Å²) in [6.45, 7) is 4.54. The average Bonchev–Trinajstić information content (AvgIpc) is 2.36. The van der Waals surface area contributed by atoms with Gasteiger partial charge in [0.2, 0.25) is 0 Å². The summed E-state index contributed by atoms with van der Waals surface area (Å²) in [6, 6.07) is 8.68. The van der Waals surface area contributed by atoms with Crippen molar-refractivity contribution in [2.45, 2.75) is 37.6 Å². The van der Waals surface area contributed by atoms with E-state index in [0.717, 1.165) is 16.7 Å².